The Balaban J connectivity index is 2.03. The molecule has 1 aliphatic rings. The molecule has 0 unspecified atom stereocenters. The number of aromatic nitrogens is 1. The first-order chi connectivity index (χ1) is 10.9. The molecule has 2 N–H and O–H groups in total. The molecule has 5 nitrogen and oxygen atoms in total. The molecule has 5 heteroatoms. The summed E-state index contributed by atoms with van der Waals surface area (Å²) in [4.78, 5) is 29.0. The van der Waals surface area contributed by atoms with Crippen LogP contribution >= 0.6 is 0 Å². The van der Waals surface area contributed by atoms with Crippen molar-refractivity contribution in [3.63, 3.8) is 0 Å². The summed E-state index contributed by atoms with van der Waals surface area (Å²) in [6.45, 7) is 5.57. The summed E-state index contributed by atoms with van der Waals surface area (Å²) in [7, 11) is 0. The summed E-state index contributed by atoms with van der Waals surface area (Å²) >= 11 is 0. The van der Waals surface area contributed by atoms with Crippen molar-refractivity contribution in [2.45, 2.75) is 39.7 Å². The molecule has 0 bridgehead atoms. The Morgan fingerprint density at radius 1 is 1.22 bits per heavy atom. The lowest BCUT2D eigenvalue weighted by Crippen LogP contribution is -2.26. The molecule has 1 saturated carbocycles. The topological polar surface area (TPSA) is 71.1 Å². The smallest absolute Gasteiger partial charge is 0.252 e. The van der Waals surface area contributed by atoms with Gasteiger partial charge in [-0.2, -0.15) is 0 Å². The van der Waals surface area contributed by atoms with Gasteiger partial charge in [0.15, 0.2) is 0 Å². The number of anilines is 1. The summed E-state index contributed by atoms with van der Waals surface area (Å²) in [5.74, 6) is -0.311. The highest BCUT2D eigenvalue weighted by molar-refractivity contribution is 6.08. The third-order valence-corrected chi connectivity index (χ3v) is 3.90. The van der Waals surface area contributed by atoms with Gasteiger partial charge in [-0.05, 0) is 38.0 Å². The highest BCUT2D eigenvalue weighted by Gasteiger charge is 2.25. The fourth-order valence-corrected chi connectivity index (χ4v) is 2.37. The van der Waals surface area contributed by atoms with Crippen molar-refractivity contribution in [2.75, 3.05) is 5.32 Å². The predicted octanol–water partition coefficient (Wildman–Crippen LogP) is 3.03. The average molecular weight is 311 g/mol. The number of carbonyl (C=O) groups excluding carboxylic acids is 2. The Morgan fingerprint density at radius 2 is 1.96 bits per heavy atom. The van der Waals surface area contributed by atoms with Gasteiger partial charge >= 0.3 is 0 Å². The molecule has 1 aromatic carbocycles. The minimum atomic E-state index is -0.125. The second-order valence-corrected chi connectivity index (χ2v) is 6.43. The summed E-state index contributed by atoms with van der Waals surface area (Å²) < 4.78 is 0. The maximum absolute atomic E-state index is 12.5. The molecule has 0 radical (unpaired) electrons. The van der Waals surface area contributed by atoms with Gasteiger partial charge in [-0.3, -0.25) is 14.6 Å². The van der Waals surface area contributed by atoms with Gasteiger partial charge in [0.2, 0.25) is 5.91 Å². The number of carbonyl (C=O) groups is 2. The zero-order valence-corrected chi connectivity index (χ0v) is 13.6. The average Bonchev–Trinajstić information content (AvgIpc) is 3.29. The maximum atomic E-state index is 12.5. The monoisotopic (exact) mass is 311 g/mol. The molecule has 0 atom stereocenters. The molecule has 1 heterocycles. The lowest BCUT2D eigenvalue weighted by molar-refractivity contribution is -0.118. The molecular formula is C18H21N3O2. The number of rotatable bonds is 4. The van der Waals surface area contributed by atoms with E-state index >= 15 is 0 Å². The van der Waals surface area contributed by atoms with Crippen LogP contribution in [0.5, 0.6) is 0 Å². The van der Waals surface area contributed by atoms with E-state index in [2.05, 4.69) is 15.6 Å². The van der Waals surface area contributed by atoms with Crippen molar-refractivity contribution in [1.82, 2.24) is 10.3 Å². The van der Waals surface area contributed by atoms with Crippen LogP contribution in [0.4, 0.5) is 5.69 Å². The van der Waals surface area contributed by atoms with Crippen LogP contribution in [0.25, 0.3) is 10.9 Å². The number of hydrogen-bond acceptors (Lipinski definition) is 3. The highest BCUT2D eigenvalue weighted by Crippen LogP contribution is 2.25. The van der Waals surface area contributed by atoms with E-state index in [0.29, 0.717) is 16.8 Å². The van der Waals surface area contributed by atoms with Crippen molar-refractivity contribution in [1.29, 1.82) is 0 Å². The summed E-state index contributed by atoms with van der Waals surface area (Å²) in [6, 6.07) is 7.63. The van der Waals surface area contributed by atoms with Crippen molar-refractivity contribution in [2.24, 2.45) is 5.92 Å². The minimum Gasteiger partial charge on any atom is -0.349 e. The number of benzene rings is 1. The first-order valence-corrected chi connectivity index (χ1v) is 7.97. The van der Waals surface area contributed by atoms with Crippen LogP contribution in [0.15, 0.2) is 24.3 Å². The number of nitrogens with zero attached hydrogens (tertiary/aromatic N) is 1. The molecule has 1 fully saturated rings. The molecule has 3 rings (SSSR count). The van der Waals surface area contributed by atoms with E-state index in [1.54, 1.807) is 6.07 Å². The second-order valence-electron chi connectivity index (χ2n) is 6.43. The molecule has 120 valence electrons. The predicted molar refractivity (Wildman–Crippen MR) is 90.4 cm³/mol. The van der Waals surface area contributed by atoms with Crippen LogP contribution in [-0.4, -0.2) is 22.8 Å². The molecule has 0 aliphatic heterocycles. The summed E-state index contributed by atoms with van der Waals surface area (Å²) in [5.41, 5.74) is 2.75. The van der Waals surface area contributed by atoms with E-state index in [-0.39, 0.29) is 23.8 Å². The molecule has 1 aliphatic carbocycles. The van der Waals surface area contributed by atoms with Crippen LogP contribution in [0.1, 0.15) is 42.7 Å². The normalized spacial score (nSPS) is 14.1. The van der Waals surface area contributed by atoms with Crippen molar-refractivity contribution in [3.8, 4) is 0 Å². The summed E-state index contributed by atoms with van der Waals surface area (Å²) in [6.07, 6.45) is 2.07. The Kier molecular flexibility index (Phi) is 4.03. The Morgan fingerprint density at radius 3 is 2.61 bits per heavy atom. The Hall–Kier alpha value is -2.43. The molecule has 0 saturated heterocycles. The SMILES string of the molecule is Cc1ccc2c(C(=O)NC3CC3)cc(NC(=O)C(C)C)cc2n1. The van der Waals surface area contributed by atoms with Crippen LogP contribution < -0.4 is 10.6 Å². The third-order valence-electron chi connectivity index (χ3n) is 3.90. The van der Waals surface area contributed by atoms with E-state index < -0.39 is 0 Å². The van der Waals surface area contributed by atoms with Gasteiger partial charge in [-0.15, -0.1) is 0 Å². The first-order valence-electron chi connectivity index (χ1n) is 7.97. The zero-order chi connectivity index (χ0) is 16.6. The number of aryl methyl sites for hydroxylation is 1. The maximum Gasteiger partial charge on any atom is 0.252 e. The molecule has 2 amide bonds. The minimum absolute atomic E-state index is 0.0782. The van der Waals surface area contributed by atoms with E-state index in [9.17, 15) is 9.59 Å². The number of amides is 2. The molecule has 23 heavy (non-hydrogen) atoms. The highest BCUT2D eigenvalue weighted by atomic mass is 16.2. The van der Waals surface area contributed by atoms with Crippen LogP contribution in [0, 0.1) is 12.8 Å². The number of hydrogen-bond donors (Lipinski definition) is 2. The molecule has 1 aromatic heterocycles. The summed E-state index contributed by atoms with van der Waals surface area (Å²) in [5, 5.41) is 6.66. The van der Waals surface area contributed by atoms with Crippen molar-refractivity contribution < 1.29 is 9.59 Å². The fourth-order valence-electron chi connectivity index (χ4n) is 2.37. The standard InChI is InChI=1S/C18H21N3O2/c1-10(2)17(22)21-13-8-15(18(23)20-12-5-6-12)14-7-4-11(3)19-16(14)9-13/h4,7-10,12H,5-6H2,1-3H3,(H,20,23)(H,21,22). The van der Waals surface area contributed by atoms with Gasteiger partial charge in [-0.1, -0.05) is 19.9 Å². The van der Waals surface area contributed by atoms with Crippen LogP contribution in [0.2, 0.25) is 0 Å². The second kappa shape index (κ2) is 5.99. The molecule has 0 spiro atoms. The van der Waals surface area contributed by atoms with E-state index in [0.717, 1.165) is 23.9 Å². The van der Waals surface area contributed by atoms with E-state index in [1.807, 2.05) is 39.0 Å². The van der Waals surface area contributed by atoms with Gasteiger partial charge < -0.3 is 10.6 Å². The molecular weight excluding hydrogens is 290 g/mol. The van der Waals surface area contributed by atoms with Gasteiger partial charge in [-0.25, -0.2) is 0 Å². The largest absolute Gasteiger partial charge is 0.349 e. The van der Waals surface area contributed by atoms with Crippen molar-refractivity contribution in [3.05, 3.63) is 35.5 Å². The van der Waals surface area contributed by atoms with Gasteiger partial charge in [0.1, 0.15) is 0 Å². The van der Waals surface area contributed by atoms with Gasteiger partial charge in [0, 0.05) is 28.7 Å². The van der Waals surface area contributed by atoms with Gasteiger partial charge in [0.25, 0.3) is 5.91 Å². The lowest BCUT2D eigenvalue weighted by atomic mass is 10.1. The zero-order valence-electron chi connectivity index (χ0n) is 13.6. The lowest BCUT2D eigenvalue weighted by Gasteiger charge is -2.12. The third kappa shape index (κ3) is 3.50. The quantitative estimate of drug-likeness (QED) is 0.911. The Bertz CT molecular complexity index is 779. The number of fused-ring (bicyclic) bond motifs is 1. The fraction of sp³-hybridized carbons (Fsp3) is 0.389. The molecule has 2 aromatic rings. The number of pyridine rings is 1. The number of nitrogens with one attached hydrogen (secondary N) is 2. The van der Waals surface area contributed by atoms with Crippen LogP contribution in [0.3, 0.4) is 0 Å². The Labute approximate surface area is 135 Å². The van der Waals surface area contributed by atoms with E-state index in [1.165, 1.54) is 0 Å². The van der Waals surface area contributed by atoms with Crippen LogP contribution in [-0.2, 0) is 4.79 Å². The van der Waals surface area contributed by atoms with Gasteiger partial charge in [0.05, 0.1) is 11.1 Å². The van der Waals surface area contributed by atoms with Crippen molar-refractivity contribution >= 4 is 28.4 Å². The van der Waals surface area contributed by atoms with E-state index in [4.69, 9.17) is 0 Å². The first kappa shape index (κ1) is 15.5.